The van der Waals surface area contributed by atoms with Crippen molar-refractivity contribution in [1.29, 1.82) is 0 Å². The van der Waals surface area contributed by atoms with Crippen LogP contribution < -0.4 is 0 Å². The maximum absolute atomic E-state index is 6.14. The lowest BCUT2D eigenvalue weighted by molar-refractivity contribution is -0.186. The first-order chi connectivity index (χ1) is 9.72. The summed E-state index contributed by atoms with van der Waals surface area (Å²) in [7, 11) is 3.79. The Balaban J connectivity index is 1.58. The molecule has 0 aliphatic carbocycles. The van der Waals surface area contributed by atoms with E-state index in [1.165, 1.54) is 0 Å². The first-order valence-corrected chi connectivity index (χ1v) is 7.59. The van der Waals surface area contributed by atoms with E-state index in [2.05, 4.69) is 16.1 Å². The van der Waals surface area contributed by atoms with Gasteiger partial charge in [-0.25, -0.2) is 0 Å². The first kappa shape index (κ1) is 14.0. The van der Waals surface area contributed by atoms with E-state index in [-0.39, 0.29) is 11.7 Å². The predicted octanol–water partition coefficient (Wildman–Crippen LogP) is 1.58. The number of hydrogen-bond acceptors (Lipinski definition) is 4. The fourth-order valence-electron chi connectivity index (χ4n) is 3.57. The van der Waals surface area contributed by atoms with E-state index in [1.807, 2.05) is 25.0 Å². The van der Waals surface area contributed by atoms with E-state index < -0.39 is 0 Å². The van der Waals surface area contributed by atoms with Gasteiger partial charge in [-0.2, -0.15) is 5.10 Å². The quantitative estimate of drug-likeness (QED) is 0.842. The summed E-state index contributed by atoms with van der Waals surface area (Å²) in [6.07, 6.45) is 6.67. The van der Waals surface area contributed by atoms with Crippen molar-refractivity contribution in [3.05, 3.63) is 18.0 Å². The number of hydrogen-bond donors (Lipinski definition) is 0. The van der Waals surface area contributed by atoms with Gasteiger partial charge in [0.15, 0.2) is 0 Å². The van der Waals surface area contributed by atoms with Crippen LogP contribution in [-0.4, -0.2) is 53.2 Å². The van der Waals surface area contributed by atoms with Crippen molar-refractivity contribution in [1.82, 2.24) is 14.7 Å². The summed E-state index contributed by atoms with van der Waals surface area (Å²) in [5, 5.41) is 4.46. The molecule has 2 saturated heterocycles. The van der Waals surface area contributed by atoms with E-state index in [0.29, 0.717) is 0 Å². The molecule has 20 heavy (non-hydrogen) atoms. The zero-order valence-corrected chi connectivity index (χ0v) is 12.5. The second kappa shape index (κ2) is 5.84. The number of piperidine rings is 1. The Morgan fingerprint density at radius 3 is 2.90 bits per heavy atom. The molecule has 0 N–H and O–H groups in total. The molecule has 0 bridgehead atoms. The molecule has 2 aliphatic rings. The average Bonchev–Trinajstić information content (AvgIpc) is 2.87. The van der Waals surface area contributed by atoms with Gasteiger partial charge in [-0.1, -0.05) is 0 Å². The van der Waals surface area contributed by atoms with Crippen molar-refractivity contribution in [3.8, 4) is 0 Å². The van der Waals surface area contributed by atoms with Gasteiger partial charge in [-0.05, 0) is 31.7 Å². The molecule has 5 nitrogen and oxygen atoms in total. The fraction of sp³-hybridized carbons (Fsp3) is 0.800. The maximum atomic E-state index is 6.14. The molecule has 2 aliphatic heterocycles. The van der Waals surface area contributed by atoms with Gasteiger partial charge < -0.3 is 9.47 Å². The molecule has 1 aromatic heterocycles. The first-order valence-electron chi connectivity index (χ1n) is 7.59. The van der Waals surface area contributed by atoms with Crippen LogP contribution in [0.5, 0.6) is 0 Å². The van der Waals surface area contributed by atoms with Crippen molar-refractivity contribution in [2.75, 3.05) is 26.8 Å². The molecule has 0 amide bonds. The van der Waals surface area contributed by atoms with Gasteiger partial charge in [0.1, 0.15) is 0 Å². The highest BCUT2D eigenvalue weighted by Gasteiger charge is 2.44. The van der Waals surface area contributed by atoms with Gasteiger partial charge in [0.2, 0.25) is 0 Å². The summed E-state index contributed by atoms with van der Waals surface area (Å²) in [6.45, 7) is 3.96. The number of likely N-dealkylation sites (tertiary alicyclic amines) is 1. The number of ether oxygens (including phenoxy) is 2. The van der Waals surface area contributed by atoms with Crippen molar-refractivity contribution in [3.63, 3.8) is 0 Å². The number of aromatic nitrogens is 2. The van der Waals surface area contributed by atoms with Crippen LogP contribution in [0.2, 0.25) is 0 Å². The van der Waals surface area contributed by atoms with Crippen molar-refractivity contribution in [2.45, 2.75) is 43.9 Å². The number of rotatable bonds is 3. The zero-order valence-electron chi connectivity index (χ0n) is 12.5. The molecule has 1 aromatic rings. The summed E-state index contributed by atoms with van der Waals surface area (Å²) in [6, 6.07) is 2.10. The molecule has 1 atom stereocenters. The van der Waals surface area contributed by atoms with E-state index in [1.54, 1.807) is 0 Å². The molecule has 0 unspecified atom stereocenters. The normalized spacial score (nSPS) is 27.0. The lowest BCUT2D eigenvalue weighted by atomic mass is 9.82. The van der Waals surface area contributed by atoms with Gasteiger partial charge in [-0.3, -0.25) is 9.58 Å². The molecule has 3 heterocycles. The fourth-order valence-corrected chi connectivity index (χ4v) is 3.57. The molecular weight excluding hydrogens is 254 g/mol. The lowest BCUT2D eigenvalue weighted by Gasteiger charge is -2.48. The zero-order chi connectivity index (χ0) is 14.0. The Morgan fingerprint density at radius 2 is 2.25 bits per heavy atom. The van der Waals surface area contributed by atoms with Crippen LogP contribution in [0, 0.1) is 0 Å². The molecule has 1 spiro atoms. The summed E-state index contributed by atoms with van der Waals surface area (Å²) in [5.41, 5.74) is 1.12. The summed E-state index contributed by atoms with van der Waals surface area (Å²) in [4.78, 5) is 2.47. The van der Waals surface area contributed by atoms with Crippen LogP contribution in [0.15, 0.2) is 12.3 Å². The molecule has 2 fully saturated rings. The van der Waals surface area contributed by atoms with E-state index in [4.69, 9.17) is 9.47 Å². The van der Waals surface area contributed by atoms with Gasteiger partial charge in [0, 0.05) is 46.6 Å². The third kappa shape index (κ3) is 2.75. The number of aryl methyl sites for hydroxylation is 1. The lowest BCUT2D eigenvalue weighted by Crippen LogP contribution is -2.55. The topological polar surface area (TPSA) is 39.5 Å². The van der Waals surface area contributed by atoms with Crippen LogP contribution in [0.3, 0.4) is 0 Å². The SMILES string of the molecule is CO[C@H]1CCCOC12CCN(Cc1ccn(C)n1)CC2. The van der Waals surface area contributed by atoms with E-state index in [0.717, 1.165) is 57.6 Å². The number of methoxy groups -OCH3 is 1. The molecule has 0 radical (unpaired) electrons. The highest BCUT2D eigenvalue weighted by molar-refractivity contribution is 5.01. The van der Waals surface area contributed by atoms with Crippen LogP contribution in [0.25, 0.3) is 0 Å². The Labute approximate surface area is 120 Å². The van der Waals surface area contributed by atoms with Gasteiger partial charge in [-0.15, -0.1) is 0 Å². The summed E-state index contributed by atoms with van der Waals surface area (Å²) < 4.78 is 13.7. The third-order valence-electron chi connectivity index (χ3n) is 4.73. The molecule has 5 heteroatoms. The average molecular weight is 279 g/mol. The second-order valence-electron chi connectivity index (χ2n) is 6.04. The van der Waals surface area contributed by atoms with Crippen LogP contribution in [0.4, 0.5) is 0 Å². The van der Waals surface area contributed by atoms with E-state index in [9.17, 15) is 0 Å². The Hall–Kier alpha value is -0.910. The van der Waals surface area contributed by atoms with Gasteiger partial charge >= 0.3 is 0 Å². The van der Waals surface area contributed by atoms with Crippen LogP contribution in [0.1, 0.15) is 31.4 Å². The largest absolute Gasteiger partial charge is 0.378 e. The van der Waals surface area contributed by atoms with E-state index >= 15 is 0 Å². The Bertz CT molecular complexity index is 438. The molecule has 3 rings (SSSR count). The van der Waals surface area contributed by atoms with Crippen molar-refractivity contribution >= 4 is 0 Å². The number of nitrogens with zero attached hydrogens (tertiary/aromatic N) is 3. The van der Waals surface area contributed by atoms with Crippen molar-refractivity contribution < 1.29 is 9.47 Å². The molecular formula is C15H25N3O2. The highest BCUT2D eigenvalue weighted by Crippen LogP contribution is 2.36. The van der Waals surface area contributed by atoms with Gasteiger partial charge in [0.25, 0.3) is 0 Å². The highest BCUT2D eigenvalue weighted by atomic mass is 16.5. The maximum Gasteiger partial charge on any atom is 0.0967 e. The molecule has 112 valence electrons. The van der Waals surface area contributed by atoms with Crippen LogP contribution in [-0.2, 0) is 23.1 Å². The molecule has 0 aromatic carbocycles. The van der Waals surface area contributed by atoms with Crippen molar-refractivity contribution in [2.24, 2.45) is 7.05 Å². The van der Waals surface area contributed by atoms with Gasteiger partial charge in [0.05, 0.1) is 17.4 Å². The third-order valence-corrected chi connectivity index (χ3v) is 4.73. The monoisotopic (exact) mass is 279 g/mol. The Kier molecular flexibility index (Phi) is 4.10. The predicted molar refractivity (Wildman–Crippen MR) is 76.4 cm³/mol. The standard InChI is InChI=1S/C15H25N3O2/c1-17-8-5-13(16-17)12-18-9-6-15(7-10-18)14(19-2)4-3-11-20-15/h5,8,14H,3-4,6-7,9-12H2,1-2H3/t14-/m0/s1. The summed E-state index contributed by atoms with van der Waals surface area (Å²) in [5.74, 6) is 0. The minimum atomic E-state index is -0.0341. The second-order valence-corrected chi connectivity index (χ2v) is 6.04. The van der Waals surface area contributed by atoms with Crippen LogP contribution >= 0.6 is 0 Å². The minimum Gasteiger partial charge on any atom is -0.378 e. The minimum absolute atomic E-state index is 0.0341. The molecule has 0 saturated carbocycles. The summed E-state index contributed by atoms with van der Waals surface area (Å²) >= 11 is 0. The smallest absolute Gasteiger partial charge is 0.0967 e. The Morgan fingerprint density at radius 1 is 1.45 bits per heavy atom.